The standard InChI is InChI=1S/C23H25NO5/c1-26-18-9-8-13(10-19(18)27-2)22-14-11-20(28-3)21(29-4)12-16(14)24-15-6-5-7-17(25)23(15)22/h8-12,22,24H,5-7H2,1-4H3. The third kappa shape index (κ3) is 3.18. The maximum Gasteiger partial charge on any atom is 0.162 e. The van der Waals surface area contributed by atoms with E-state index in [0.29, 0.717) is 29.4 Å². The maximum absolute atomic E-state index is 13.0. The molecule has 0 saturated heterocycles. The fraction of sp³-hybridized carbons (Fsp3) is 0.348. The van der Waals surface area contributed by atoms with Gasteiger partial charge in [0.05, 0.1) is 28.4 Å². The van der Waals surface area contributed by atoms with Crippen LogP contribution in [0.3, 0.4) is 0 Å². The molecule has 6 nitrogen and oxygen atoms in total. The van der Waals surface area contributed by atoms with Crippen LogP contribution in [0, 0.1) is 0 Å². The second kappa shape index (κ2) is 7.70. The highest BCUT2D eigenvalue weighted by molar-refractivity contribution is 6.01. The summed E-state index contributed by atoms with van der Waals surface area (Å²) in [5.74, 6) is 2.53. The first-order valence-corrected chi connectivity index (χ1v) is 9.62. The molecule has 0 aromatic heterocycles. The van der Waals surface area contributed by atoms with E-state index in [4.69, 9.17) is 18.9 Å². The van der Waals surface area contributed by atoms with Gasteiger partial charge in [0.1, 0.15) is 0 Å². The highest BCUT2D eigenvalue weighted by Gasteiger charge is 2.36. The molecule has 2 aliphatic rings. The van der Waals surface area contributed by atoms with Crippen LogP contribution in [0.15, 0.2) is 41.6 Å². The number of methoxy groups -OCH3 is 4. The van der Waals surface area contributed by atoms with E-state index >= 15 is 0 Å². The van der Waals surface area contributed by atoms with Crippen molar-refractivity contribution in [2.75, 3.05) is 33.8 Å². The fourth-order valence-corrected chi connectivity index (χ4v) is 4.27. The number of anilines is 1. The molecule has 0 bridgehead atoms. The van der Waals surface area contributed by atoms with Gasteiger partial charge in [0.2, 0.25) is 0 Å². The van der Waals surface area contributed by atoms with Crippen LogP contribution in [0.1, 0.15) is 36.3 Å². The van der Waals surface area contributed by atoms with Crippen LogP contribution in [0.5, 0.6) is 23.0 Å². The van der Waals surface area contributed by atoms with Gasteiger partial charge in [-0.1, -0.05) is 6.07 Å². The summed E-state index contributed by atoms with van der Waals surface area (Å²) in [5, 5.41) is 3.47. The van der Waals surface area contributed by atoms with Crippen molar-refractivity contribution >= 4 is 11.5 Å². The van der Waals surface area contributed by atoms with Crippen LogP contribution in [0.4, 0.5) is 5.69 Å². The second-order valence-corrected chi connectivity index (χ2v) is 7.14. The van der Waals surface area contributed by atoms with Crippen molar-refractivity contribution in [3.05, 3.63) is 52.7 Å². The predicted molar refractivity (Wildman–Crippen MR) is 110 cm³/mol. The topological polar surface area (TPSA) is 66.0 Å². The van der Waals surface area contributed by atoms with E-state index in [1.807, 2.05) is 30.3 Å². The first-order chi connectivity index (χ1) is 14.1. The number of ether oxygens (including phenoxy) is 4. The Morgan fingerprint density at radius 3 is 2.17 bits per heavy atom. The number of ketones is 1. The van der Waals surface area contributed by atoms with Crippen LogP contribution in [0.25, 0.3) is 0 Å². The first-order valence-electron chi connectivity index (χ1n) is 9.62. The lowest BCUT2D eigenvalue weighted by atomic mass is 9.75. The summed E-state index contributed by atoms with van der Waals surface area (Å²) >= 11 is 0. The highest BCUT2D eigenvalue weighted by atomic mass is 16.5. The molecule has 1 aliphatic carbocycles. The molecule has 2 aromatic carbocycles. The molecule has 0 spiro atoms. The van der Waals surface area contributed by atoms with Crippen molar-refractivity contribution < 1.29 is 23.7 Å². The van der Waals surface area contributed by atoms with Crippen LogP contribution in [-0.4, -0.2) is 34.2 Å². The molecular weight excluding hydrogens is 370 g/mol. The maximum atomic E-state index is 13.0. The van der Waals surface area contributed by atoms with Crippen LogP contribution in [0.2, 0.25) is 0 Å². The van der Waals surface area contributed by atoms with Crippen LogP contribution < -0.4 is 24.3 Å². The molecule has 4 rings (SSSR count). The van der Waals surface area contributed by atoms with Crippen molar-refractivity contribution in [3.8, 4) is 23.0 Å². The van der Waals surface area contributed by atoms with Gasteiger partial charge < -0.3 is 24.3 Å². The number of allylic oxidation sites excluding steroid dienone is 2. The summed E-state index contributed by atoms with van der Waals surface area (Å²) in [5.41, 5.74) is 4.68. The Kier molecular flexibility index (Phi) is 5.09. The highest BCUT2D eigenvalue weighted by Crippen LogP contribution is 2.49. The van der Waals surface area contributed by atoms with Crippen LogP contribution in [-0.2, 0) is 4.79 Å². The summed E-state index contributed by atoms with van der Waals surface area (Å²) in [7, 11) is 6.46. The monoisotopic (exact) mass is 395 g/mol. The average Bonchev–Trinajstić information content (AvgIpc) is 2.76. The Morgan fingerprint density at radius 2 is 1.48 bits per heavy atom. The lowest BCUT2D eigenvalue weighted by molar-refractivity contribution is -0.116. The predicted octanol–water partition coefficient (Wildman–Crippen LogP) is 4.29. The van der Waals surface area contributed by atoms with E-state index < -0.39 is 0 Å². The first kappa shape index (κ1) is 19.2. The number of hydrogen-bond acceptors (Lipinski definition) is 6. The summed E-state index contributed by atoms with van der Waals surface area (Å²) in [4.78, 5) is 13.0. The molecule has 29 heavy (non-hydrogen) atoms. The zero-order valence-electron chi connectivity index (χ0n) is 17.1. The molecule has 0 radical (unpaired) electrons. The number of carbonyl (C=O) groups is 1. The van der Waals surface area contributed by atoms with Crippen LogP contribution >= 0.6 is 0 Å². The summed E-state index contributed by atoms with van der Waals surface area (Å²) in [6.07, 6.45) is 2.26. The molecule has 6 heteroatoms. The molecule has 0 saturated carbocycles. The molecule has 1 unspecified atom stereocenters. The Bertz CT molecular complexity index is 995. The molecule has 152 valence electrons. The minimum Gasteiger partial charge on any atom is -0.493 e. The van der Waals surface area contributed by atoms with Gasteiger partial charge in [0.15, 0.2) is 28.8 Å². The van der Waals surface area contributed by atoms with Crippen molar-refractivity contribution in [3.63, 3.8) is 0 Å². The van der Waals surface area contributed by atoms with Crippen molar-refractivity contribution in [1.29, 1.82) is 0 Å². The summed E-state index contributed by atoms with van der Waals surface area (Å²) in [6, 6.07) is 9.70. The Hall–Kier alpha value is -3.15. The van der Waals surface area contributed by atoms with Gasteiger partial charge in [-0.25, -0.2) is 0 Å². The number of benzene rings is 2. The summed E-state index contributed by atoms with van der Waals surface area (Å²) < 4.78 is 21.9. The molecule has 1 N–H and O–H groups in total. The Morgan fingerprint density at radius 1 is 0.828 bits per heavy atom. The van der Waals surface area contributed by atoms with Gasteiger partial charge in [-0.15, -0.1) is 0 Å². The molecule has 2 aromatic rings. The number of nitrogens with one attached hydrogen (secondary N) is 1. The number of carbonyl (C=O) groups excluding carboxylic acids is 1. The van der Waals surface area contributed by atoms with Gasteiger partial charge in [-0.05, 0) is 42.2 Å². The molecule has 1 aliphatic heterocycles. The lowest BCUT2D eigenvalue weighted by Crippen LogP contribution is -2.27. The lowest BCUT2D eigenvalue weighted by Gasteiger charge is -2.34. The average molecular weight is 395 g/mol. The van der Waals surface area contributed by atoms with E-state index in [-0.39, 0.29) is 11.7 Å². The summed E-state index contributed by atoms with van der Waals surface area (Å²) in [6.45, 7) is 0. The zero-order valence-corrected chi connectivity index (χ0v) is 17.1. The van der Waals surface area contributed by atoms with Gasteiger partial charge in [-0.3, -0.25) is 4.79 Å². The van der Waals surface area contributed by atoms with Gasteiger partial charge in [0.25, 0.3) is 0 Å². The van der Waals surface area contributed by atoms with E-state index in [9.17, 15) is 4.79 Å². The normalized spacial score (nSPS) is 17.8. The van der Waals surface area contributed by atoms with Crippen molar-refractivity contribution in [2.24, 2.45) is 0 Å². The van der Waals surface area contributed by atoms with E-state index in [1.165, 1.54) is 0 Å². The number of rotatable bonds is 5. The zero-order chi connectivity index (χ0) is 20.5. The Balaban J connectivity index is 1.94. The van der Waals surface area contributed by atoms with E-state index in [1.54, 1.807) is 28.4 Å². The SMILES string of the molecule is COc1ccc(C2C3=C(CCCC3=O)Nc3cc(OC)c(OC)cc32)cc1OC. The quantitative estimate of drug-likeness (QED) is 0.815. The van der Waals surface area contributed by atoms with E-state index in [2.05, 4.69) is 5.32 Å². The number of fused-ring (bicyclic) bond motifs is 1. The van der Waals surface area contributed by atoms with Crippen molar-refractivity contribution in [1.82, 2.24) is 0 Å². The molecule has 0 amide bonds. The van der Waals surface area contributed by atoms with Crippen molar-refractivity contribution in [2.45, 2.75) is 25.2 Å². The molecular formula is C23H25NO5. The third-order valence-electron chi connectivity index (χ3n) is 5.64. The van der Waals surface area contributed by atoms with Gasteiger partial charge in [0, 0.05) is 35.4 Å². The fourth-order valence-electron chi connectivity index (χ4n) is 4.27. The second-order valence-electron chi connectivity index (χ2n) is 7.14. The number of Topliss-reactive ketones (excluding diaryl/α,β-unsaturated/α-hetero) is 1. The molecule has 1 atom stereocenters. The largest absolute Gasteiger partial charge is 0.493 e. The third-order valence-corrected chi connectivity index (χ3v) is 5.64. The Labute approximate surface area is 170 Å². The molecule has 0 fully saturated rings. The van der Waals surface area contributed by atoms with Gasteiger partial charge in [-0.2, -0.15) is 0 Å². The number of hydrogen-bond donors (Lipinski definition) is 1. The smallest absolute Gasteiger partial charge is 0.162 e. The van der Waals surface area contributed by atoms with E-state index in [0.717, 1.165) is 40.9 Å². The van der Waals surface area contributed by atoms with Gasteiger partial charge >= 0.3 is 0 Å². The minimum absolute atomic E-state index is 0.180. The minimum atomic E-state index is -0.214. The molecule has 1 heterocycles.